The minimum absolute atomic E-state index is 0.0481. The highest BCUT2D eigenvalue weighted by Crippen LogP contribution is 2.34. The first-order valence-electron chi connectivity index (χ1n) is 21.7. The number of nitrogens with zero attached hydrogens (tertiary/aromatic N) is 8. The van der Waals surface area contributed by atoms with Crippen molar-refractivity contribution in [1.29, 1.82) is 0 Å². The van der Waals surface area contributed by atoms with Gasteiger partial charge in [0.15, 0.2) is 0 Å². The molecule has 0 saturated heterocycles. The first kappa shape index (κ1) is 51.0. The van der Waals surface area contributed by atoms with E-state index in [1.54, 1.807) is 24.4 Å². The molecular formula is C50H53BrCl2F4N8. The predicted molar refractivity (Wildman–Crippen MR) is 269 cm³/mol. The standard InChI is InChI=1S/C13H12ClF3N2.C13H15ClN2.C12H13BrN2.C12H13FN2/c14-12-5-1-4-11(13(15,16)17)10(12)8-18-7-9-3-2-6-19-9;1-10-4-2-6-13(14)12(10)9-15-8-11-5-3-7-16-11;2*13-12-6-2-1-4-10(12)8-14-9-11-5-3-7-15-11/h1,4-5,8H,2-3,6-7H2;2,4,6,9H,3,5,7-8H2,1H3;2*1-2,4,6,8H,3,5,7,9H2. The number of benzene rings is 4. The van der Waals surface area contributed by atoms with E-state index in [0.29, 0.717) is 25.2 Å². The van der Waals surface area contributed by atoms with Crippen molar-refractivity contribution >= 4 is 86.8 Å². The van der Waals surface area contributed by atoms with E-state index in [-0.39, 0.29) is 16.4 Å². The molecule has 0 fully saturated rings. The molecule has 0 radical (unpaired) electrons. The van der Waals surface area contributed by atoms with Crippen LogP contribution in [0.1, 0.15) is 84.7 Å². The van der Waals surface area contributed by atoms with Crippen molar-refractivity contribution in [1.82, 2.24) is 0 Å². The molecule has 0 aliphatic carbocycles. The molecule has 0 aromatic heterocycles. The average Bonchev–Trinajstić information content (AvgIpc) is 4.15. The second kappa shape index (κ2) is 27.5. The van der Waals surface area contributed by atoms with Crippen LogP contribution in [0.4, 0.5) is 17.6 Å². The van der Waals surface area contributed by atoms with E-state index in [9.17, 15) is 17.6 Å². The van der Waals surface area contributed by atoms with Gasteiger partial charge in [0.2, 0.25) is 0 Å². The summed E-state index contributed by atoms with van der Waals surface area (Å²) in [6.45, 7) is 8.11. The summed E-state index contributed by atoms with van der Waals surface area (Å²) < 4.78 is 52.7. The van der Waals surface area contributed by atoms with E-state index >= 15 is 0 Å². The molecule has 4 aromatic rings. The summed E-state index contributed by atoms with van der Waals surface area (Å²) in [6.07, 6.45) is 10.7. The molecule has 4 aliphatic heterocycles. The number of hydrogen-bond acceptors (Lipinski definition) is 8. The third-order valence-corrected chi connectivity index (χ3v) is 11.7. The Kier molecular flexibility index (Phi) is 21.6. The van der Waals surface area contributed by atoms with Crippen LogP contribution in [-0.4, -0.2) is 100 Å². The normalized spacial score (nSPS) is 15.9. The van der Waals surface area contributed by atoms with Crippen molar-refractivity contribution in [3.63, 3.8) is 0 Å². The van der Waals surface area contributed by atoms with Gasteiger partial charge in [0, 0.05) is 111 Å². The van der Waals surface area contributed by atoms with Gasteiger partial charge in [-0.05, 0) is 94.2 Å². The fraction of sp³-hybridized carbons (Fsp3) is 0.360. The van der Waals surface area contributed by atoms with Gasteiger partial charge in [0.25, 0.3) is 0 Å². The van der Waals surface area contributed by atoms with Crippen molar-refractivity contribution in [2.24, 2.45) is 39.9 Å². The zero-order valence-corrected chi connectivity index (χ0v) is 39.5. The summed E-state index contributed by atoms with van der Waals surface area (Å²) in [5.74, 6) is -0.227. The van der Waals surface area contributed by atoms with Gasteiger partial charge < -0.3 is 0 Å². The minimum atomic E-state index is -4.43. The lowest BCUT2D eigenvalue weighted by Crippen LogP contribution is -2.09. The van der Waals surface area contributed by atoms with E-state index in [1.807, 2.05) is 61.8 Å². The van der Waals surface area contributed by atoms with Gasteiger partial charge in [-0.15, -0.1) is 0 Å². The average molecular weight is 993 g/mol. The topological polar surface area (TPSA) is 98.9 Å². The number of hydrogen-bond donors (Lipinski definition) is 0. The van der Waals surface area contributed by atoms with Crippen molar-refractivity contribution in [2.75, 3.05) is 52.4 Å². The quantitative estimate of drug-likeness (QED) is 0.0998. The van der Waals surface area contributed by atoms with E-state index in [2.05, 4.69) is 55.9 Å². The lowest BCUT2D eigenvalue weighted by atomic mass is 10.1. The van der Waals surface area contributed by atoms with Gasteiger partial charge in [-0.25, -0.2) is 4.39 Å². The fourth-order valence-corrected chi connectivity index (χ4v) is 7.66. The predicted octanol–water partition coefficient (Wildman–Crippen LogP) is 12.9. The summed E-state index contributed by atoms with van der Waals surface area (Å²) in [5.41, 5.74) is 7.48. The van der Waals surface area contributed by atoms with Crippen LogP contribution in [0.5, 0.6) is 0 Å². The van der Waals surface area contributed by atoms with Gasteiger partial charge in [0.05, 0.1) is 31.7 Å². The molecule has 15 heteroatoms. The molecule has 0 N–H and O–H groups in total. The second-order valence-corrected chi connectivity index (χ2v) is 17.0. The molecule has 0 unspecified atom stereocenters. The lowest BCUT2D eigenvalue weighted by Gasteiger charge is -2.10. The molecule has 0 saturated carbocycles. The Bertz CT molecular complexity index is 2330. The second-order valence-electron chi connectivity index (χ2n) is 15.3. The fourth-order valence-electron chi connectivity index (χ4n) is 6.78. The Labute approximate surface area is 397 Å². The largest absolute Gasteiger partial charge is 0.417 e. The van der Waals surface area contributed by atoms with Gasteiger partial charge in [0.1, 0.15) is 5.82 Å². The summed E-state index contributed by atoms with van der Waals surface area (Å²) >= 11 is 15.4. The van der Waals surface area contributed by atoms with E-state index in [4.69, 9.17) is 23.2 Å². The van der Waals surface area contributed by atoms with Gasteiger partial charge in [-0.2, -0.15) is 13.2 Å². The summed E-state index contributed by atoms with van der Waals surface area (Å²) in [4.78, 5) is 34.3. The van der Waals surface area contributed by atoms with Crippen LogP contribution >= 0.6 is 39.1 Å². The van der Waals surface area contributed by atoms with Crippen LogP contribution in [0, 0.1) is 12.7 Å². The van der Waals surface area contributed by atoms with Crippen LogP contribution in [0.25, 0.3) is 0 Å². The summed E-state index contributed by atoms with van der Waals surface area (Å²) in [6, 6.07) is 24.3. The third-order valence-electron chi connectivity index (χ3n) is 10.3. The number of halogens is 7. The molecule has 8 rings (SSSR count). The van der Waals surface area contributed by atoms with Gasteiger partial charge >= 0.3 is 6.18 Å². The summed E-state index contributed by atoms with van der Waals surface area (Å²) in [7, 11) is 0. The number of aliphatic imine (C=N–C) groups is 8. The van der Waals surface area contributed by atoms with E-state index in [1.165, 1.54) is 48.7 Å². The van der Waals surface area contributed by atoms with Crippen LogP contribution in [0.3, 0.4) is 0 Å². The third kappa shape index (κ3) is 18.1. The molecule has 4 aliphatic rings. The zero-order chi connectivity index (χ0) is 46.3. The molecular weight excluding hydrogens is 939 g/mol. The van der Waals surface area contributed by atoms with Crippen molar-refractivity contribution in [3.8, 4) is 0 Å². The first-order chi connectivity index (χ1) is 31.5. The Hall–Kier alpha value is -4.98. The SMILES string of the molecule is Brc1ccccc1C=NCC1=NCCC1.Cc1cccc(Cl)c1C=NCC1=NCCC1.FC(F)(F)c1cccc(Cl)c1C=NCC1=NCCC1.Fc1ccccc1C=NCC1=NCCC1. The van der Waals surface area contributed by atoms with Crippen LogP contribution < -0.4 is 0 Å². The van der Waals surface area contributed by atoms with Crippen molar-refractivity contribution in [2.45, 2.75) is 64.5 Å². The Morgan fingerprint density at radius 3 is 1.40 bits per heavy atom. The summed E-state index contributed by atoms with van der Waals surface area (Å²) in [5, 5.41) is 0.809. The highest BCUT2D eigenvalue weighted by Gasteiger charge is 2.33. The van der Waals surface area contributed by atoms with Gasteiger partial charge in [-0.3, -0.25) is 39.9 Å². The smallest absolute Gasteiger partial charge is 0.292 e. The molecule has 4 heterocycles. The number of aryl methyl sites for hydroxylation is 1. The molecule has 0 spiro atoms. The first-order valence-corrected chi connectivity index (χ1v) is 23.2. The highest BCUT2D eigenvalue weighted by molar-refractivity contribution is 9.10. The molecule has 0 atom stereocenters. The lowest BCUT2D eigenvalue weighted by molar-refractivity contribution is -0.137. The Morgan fingerprint density at radius 2 is 0.954 bits per heavy atom. The van der Waals surface area contributed by atoms with E-state index in [0.717, 1.165) is 115 Å². The van der Waals surface area contributed by atoms with Crippen molar-refractivity contribution in [3.05, 3.63) is 139 Å². The molecule has 4 aromatic carbocycles. The number of alkyl halides is 3. The molecule has 65 heavy (non-hydrogen) atoms. The van der Waals surface area contributed by atoms with Gasteiger partial charge in [-0.1, -0.05) is 93.7 Å². The molecule has 8 nitrogen and oxygen atoms in total. The zero-order valence-electron chi connectivity index (χ0n) is 36.4. The Morgan fingerprint density at radius 1 is 0.538 bits per heavy atom. The highest BCUT2D eigenvalue weighted by atomic mass is 79.9. The number of rotatable bonds is 12. The van der Waals surface area contributed by atoms with Crippen LogP contribution in [0.2, 0.25) is 10.0 Å². The van der Waals surface area contributed by atoms with Crippen LogP contribution in [-0.2, 0) is 6.18 Å². The maximum absolute atomic E-state index is 13.2. The van der Waals surface area contributed by atoms with E-state index < -0.39 is 11.7 Å². The molecule has 0 bridgehead atoms. The maximum atomic E-state index is 13.2. The minimum Gasteiger partial charge on any atom is -0.292 e. The Balaban J connectivity index is 0.000000163. The molecule has 0 amide bonds. The molecule has 342 valence electrons. The monoisotopic (exact) mass is 990 g/mol. The maximum Gasteiger partial charge on any atom is 0.417 e. The van der Waals surface area contributed by atoms with Crippen molar-refractivity contribution < 1.29 is 17.6 Å². The van der Waals surface area contributed by atoms with Crippen LogP contribution in [0.15, 0.2) is 129 Å².